The molecule has 0 bridgehead atoms. The Labute approximate surface area is 86.1 Å². The molecule has 0 radical (unpaired) electrons. The first-order valence-electron chi connectivity index (χ1n) is 4.96. The van der Waals surface area contributed by atoms with Gasteiger partial charge in [0, 0.05) is 6.04 Å². The van der Waals surface area contributed by atoms with E-state index >= 15 is 0 Å². The van der Waals surface area contributed by atoms with Crippen molar-refractivity contribution in [2.45, 2.75) is 26.8 Å². The monoisotopic (exact) mass is 193 g/mol. The van der Waals surface area contributed by atoms with Crippen LogP contribution in [0.2, 0.25) is 0 Å². The van der Waals surface area contributed by atoms with Crippen molar-refractivity contribution in [3.63, 3.8) is 0 Å². The highest BCUT2D eigenvalue weighted by molar-refractivity contribution is 5.37. The summed E-state index contributed by atoms with van der Waals surface area (Å²) < 4.78 is 5.26. The Morgan fingerprint density at radius 3 is 2.43 bits per heavy atom. The molecular weight excluding hydrogens is 174 g/mol. The van der Waals surface area contributed by atoms with E-state index in [0.717, 1.165) is 16.9 Å². The third kappa shape index (κ3) is 2.26. The molecule has 0 saturated heterocycles. The lowest BCUT2D eigenvalue weighted by Crippen LogP contribution is -2.16. The molecule has 0 fully saturated rings. The molecule has 0 aliphatic rings. The fourth-order valence-electron chi connectivity index (χ4n) is 1.43. The van der Waals surface area contributed by atoms with Crippen LogP contribution in [0.5, 0.6) is 5.75 Å². The Kier molecular flexibility index (Phi) is 3.53. The van der Waals surface area contributed by atoms with E-state index in [1.807, 2.05) is 13.0 Å². The Bertz CT molecular complexity index is 307. The average molecular weight is 193 g/mol. The normalized spacial score (nSPS) is 13.0. The first-order chi connectivity index (χ1) is 6.56. The van der Waals surface area contributed by atoms with Crippen LogP contribution in [0.25, 0.3) is 0 Å². The first kappa shape index (κ1) is 11.1. The van der Waals surface area contributed by atoms with Gasteiger partial charge in [0.05, 0.1) is 7.11 Å². The van der Waals surface area contributed by atoms with Gasteiger partial charge in [-0.1, -0.05) is 26.0 Å². The van der Waals surface area contributed by atoms with Gasteiger partial charge in [-0.15, -0.1) is 0 Å². The van der Waals surface area contributed by atoms with E-state index in [9.17, 15) is 0 Å². The summed E-state index contributed by atoms with van der Waals surface area (Å²) >= 11 is 0. The van der Waals surface area contributed by atoms with E-state index in [4.69, 9.17) is 10.5 Å². The summed E-state index contributed by atoms with van der Waals surface area (Å²) in [5.74, 6) is 1.36. The number of hydrogen-bond donors (Lipinski definition) is 1. The van der Waals surface area contributed by atoms with Crippen LogP contribution in [0.1, 0.15) is 31.0 Å². The second-order valence-corrected chi connectivity index (χ2v) is 4.00. The van der Waals surface area contributed by atoms with Crippen LogP contribution in [-0.4, -0.2) is 7.11 Å². The molecule has 1 aromatic rings. The summed E-state index contributed by atoms with van der Waals surface area (Å²) in [5.41, 5.74) is 8.34. The molecule has 0 heterocycles. The predicted molar refractivity (Wildman–Crippen MR) is 59.5 cm³/mol. The predicted octanol–water partition coefficient (Wildman–Crippen LogP) is 2.66. The summed E-state index contributed by atoms with van der Waals surface area (Å²) in [6, 6.07) is 6.24. The summed E-state index contributed by atoms with van der Waals surface area (Å²) in [6.07, 6.45) is 0. The minimum atomic E-state index is 0.0875. The molecule has 1 atom stereocenters. The molecule has 0 spiro atoms. The Morgan fingerprint density at radius 1 is 1.29 bits per heavy atom. The molecule has 0 aromatic heterocycles. The molecule has 2 heteroatoms. The summed E-state index contributed by atoms with van der Waals surface area (Å²) in [5, 5.41) is 0. The number of nitrogens with two attached hydrogens (primary N) is 1. The van der Waals surface area contributed by atoms with E-state index < -0.39 is 0 Å². The zero-order valence-corrected chi connectivity index (χ0v) is 9.37. The maximum Gasteiger partial charge on any atom is 0.122 e. The minimum Gasteiger partial charge on any atom is -0.496 e. The van der Waals surface area contributed by atoms with Crippen LogP contribution >= 0.6 is 0 Å². The third-order valence-corrected chi connectivity index (χ3v) is 2.54. The van der Waals surface area contributed by atoms with Gasteiger partial charge in [0.2, 0.25) is 0 Å². The maximum absolute atomic E-state index is 6.06. The van der Waals surface area contributed by atoms with Crippen molar-refractivity contribution >= 4 is 0 Å². The van der Waals surface area contributed by atoms with Crippen molar-refractivity contribution in [3.8, 4) is 5.75 Å². The highest BCUT2D eigenvalue weighted by Crippen LogP contribution is 2.25. The standard InChI is InChI=1S/C12H19NO/c1-8(2)12(13)10-6-5-9(3)11(7-10)14-4/h5-8,12H,13H2,1-4H3. The maximum atomic E-state index is 6.06. The van der Waals surface area contributed by atoms with Crippen molar-refractivity contribution in [2.24, 2.45) is 11.7 Å². The fourth-order valence-corrected chi connectivity index (χ4v) is 1.43. The van der Waals surface area contributed by atoms with E-state index in [1.54, 1.807) is 7.11 Å². The number of rotatable bonds is 3. The quantitative estimate of drug-likeness (QED) is 0.801. The molecule has 1 rings (SSSR count). The van der Waals surface area contributed by atoms with E-state index in [2.05, 4.69) is 26.0 Å². The van der Waals surface area contributed by atoms with Gasteiger partial charge in [0.25, 0.3) is 0 Å². The van der Waals surface area contributed by atoms with Gasteiger partial charge in [-0.3, -0.25) is 0 Å². The molecule has 2 nitrogen and oxygen atoms in total. The van der Waals surface area contributed by atoms with E-state index in [-0.39, 0.29) is 6.04 Å². The summed E-state index contributed by atoms with van der Waals surface area (Å²) in [4.78, 5) is 0. The van der Waals surface area contributed by atoms with Crippen molar-refractivity contribution < 1.29 is 4.74 Å². The van der Waals surface area contributed by atoms with Gasteiger partial charge in [-0.2, -0.15) is 0 Å². The van der Waals surface area contributed by atoms with Crippen LogP contribution in [0.3, 0.4) is 0 Å². The fraction of sp³-hybridized carbons (Fsp3) is 0.500. The smallest absolute Gasteiger partial charge is 0.122 e. The molecule has 0 aliphatic carbocycles. The molecule has 2 N–H and O–H groups in total. The van der Waals surface area contributed by atoms with Gasteiger partial charge < -0.3 is 10.5 Å². The van der Waals surface area contributed by atoms with Crippen LogP contribution in [0.15, 0.2) is 18.2 Å². The van der Waals surface area contributed by atoms with Crippen LogP contribution in [-0.2, 0) is 0 Å². The second kappa shape index (κ2) is 4.47. The molecular formula is C12H19NO. The molecule has 14 heavy (non-hydrogen) atoms. The van der Waals surface area contributed by atoms with Gasteiger partial charge in [-0.25, -0.2) is 0 Å². The topological polar surface area (TPSA) is 35.2 Å². The number of aryl methyl sites for hydroxylation is 1. The lowest BCUT2D eigenvalue weighted by atomic mass is 9.96. The summed E-state index contributed by atoms with van der Waals surface area (Å²) in [7, 11) is 1.69. The lowest BCUT2D eigenvalue weighted by Gasteiger charge is -2.17. The number of ether oxygens (including phenoxy) is 1. The van der Waals surface area contributed by atoms with Crippen molar-refractivity contribution in [1.82, 2.24) is 0 Å². The zero-order chi connectivity index (χ0) is 10.7. The number of benzene rings is 1. The Balaban J connectivity index is 3.00. The molecule has 1 aromatic carbocycles. The average Bonchev–Trinajstić information content (AvgIpc) is 2.17. The first-order valence-corrected chi connectivity index (χ1v) is 4.96. The molecule has 1 unspecified atom stereocenters. The van der Waals surface area contributed by atoms with E-state index in [0.29, 0.717) is 5.92 Å². The highest BCUT2D eigenvalue weighted by Gasteiger charge is 2.11. The zero-order valence-electron chi connectivity index (χ0n) is 9.37. The molecule has 0 saturated carbocycles. The van der Waals surface area contributed by atoms with Gasteiger partial charge in [-0.05, 0) is 30.0 Å². The van der Waals surface area contributed by atoms with Crippen LogP contribution < -0.4 is 10.5 Å². The summed E-state index contributed by atoms with van der Waals surface area (Å²) in [6.45, 7) is 6.28. The Hall–Kier alpha value is -1.02. The minimum absolute atomic E-state index is 0.0875. The van der Waals surface area contributed by atoms with Gasteiger partial charge in [0.15, 0.2) is 0 Å². The van der Waals surface area contributed by atoms with Crippen LogP contribution in [0.4, 0.5) is 0 Å². The molecule has 78 valence electrons. The largest absolute Gasteiger partial charge is 0.496 e. The highest BCUT2D eigenvalue weighted by atomic mass is 16.5. The molecule has 0 amide bonds. The lowest BCUT2D eigenvalue weighted by molar-refractivity contribution is 0.409. The number of methoxy groups -OCH3 is 1. The van der Waals surface area contributed by atoms with Gasteiger partial charge in [0.1, 0.15) is 5.75 Å². The number of hydrogen-bond acceptors (Lipinski definition) is 2. The second-order valence-electron chi connectivity index (χ2n) is 4.00. The third-order valence-electron chi connectivity index (χ3n) is 2.54. The SMILES string of the molecule is COc1cc(C(N)C(C)C)ccc1C. The van der Waals surface area contributed by atoms with Crippen molar-refractivity contribution in [3.05, 3.63) is 29.3 Å². The van der Waals surface area contributed by atoms with Crippen molar-refractivity contribution in [2.75, 3.05) is 7.11 Å². The molecule has 0 aliphatic heterocycles. The van der Waals surface area contributed by atoms with Crippen LogP contribution in [0, 0.1) is 12.8 Å². The Morgan fingerprint density at radius 2 is 1.93 bits per heavy atom. The van der Waals surface area contributed by atoms with Gasteiger partial charge >= 0.3 is 0 Å². The van der Waals surface area contributed by atoms with Crippen molar-refractivity contribution in [1.29, 1.82) is 0 Å². The van der Waals surface area contributed by atoms with E-state index in [1.165, 1.54) is 0 Å².